The number of likely N-dealkylation sites (tertiary alicyclic amines) is 1. The molecule has 2 N–H and O–H groups in total. The van der Waals surface area contributed by atoms with Crippen LogP contribution in [0, 0.1) is 5.92 Å². The average Bonchev–Trinajstić information content (AvgIpc) is 3.22. The molecule has 1 saturated carbocycles. The van der Waals surface area contributed by atoms with Gasteiger partial charge in [-0.15, -0.1) is 24.0 Å². The molecule has 146 valence electrons. The van der Waals surface area contributed by atoms with Crippen LogP contribution in [0.5, 0.6) is 0 Å². The van der Waals surface area contributed by atoms with Crippen molar-refractivity contribution in [2.24, 2.45) is 10.9 Å². The maximum absolute atomic E-state index is 11.8. The Labute approximate surface area is 170 Å². The number of likely N-dealkylation sites (N-methyl/N-ethyl adjacent to an activating group) is 1. The summed E-state index contributed by atoms with van der Waals surface area (Å²) in [6.45, 7) is 6.72. The number of rotatable bonds is 7. The lowest BCUT2D eigenvalue weighted by Crippen LogP contribution is -2.45. The van der Waals surface area contributed by atoms with Gasteiger partial charge in [-0.05, 0) is 31.6 Å². The van der Waals surface area contributed by atoms with Gasteiger partial charge in [0.15, 0.2) is 5.96 Å². The first-order valence-electron chi connectivity index (χ1n) is 9.55. The van der Waals surface area contributed by atoms with Crippen LogP contribution in [0.1, 0.15) is 45.4 Å². The van der Waals surface area contributed by atoms with Crippen molar-refractivity contribution >= 4 is 35.8 Å². The molecule has 2 fully saturated rings. The van der Waals surface area contributed by atoms with Gasteiger partial charge < -0.3 is 20.4 Å². The van der Waals surface area contributed by atoms with Gasteiger partial charge in [-0.2, -0.15) is 0 Å². The van der Waals surface area contributed by atoms with E-state index < -0.39 is 0 Å². The van der Waals surface area contributed by atoms with Gasteiger partial charge in [-0.25, -0.2) is 4.99 Å². The predicted molar refractivity (Wildman–Crippen MR) is 115 cm³/mol. The van der Waals surface area contributed by atoms with E-state index in [-0.39, 0.29) is 36.4 Å². The number of guanidine groups is 1. The Balaban J connectivity index is 0.00000312. The van der Waals surface area contributed by atoms with Crippen molar-refractivity contribution in [3.8, 4) is 0 Å². The maximum atomic E-state index is 11.8. The maximum Gasteiger partial charge on any atom is 0.243 e. The third-order valence-electron chi connectivity index (χ3n) is 5.02. The second kappa shape index (κ2) is 11.9. The zero-order chi connectivity index (χ0) is 17.4. The first-order valence-corrected chi connectivity index (χ1v) is 9.55. The molecule has 6 nitrogen and oxygen atoms in total. The minimum absolute atomic E-state index is 0. The minimum Gasteiger partial charge on any atom is -0.356 e. The molecule has 0 aromatic rings. The number of halogens is 1. The highest BCUT2D eigenvalue weighted by atomic mass is 127. The zero-order valence-corrected chi connectivity index (χ0v) is 18.4. The topological polar surface area (TPSA) is 60.0 Å². The van der Waals surface area contributed by atoms with Gasteiger partial charge >= 0.3 is 0 Å². The summed E-state index contributed by atoms with van der Waals surface area (Å²) in [7, 11) is 3.53. The van der Waals surface area contributed by atoms with E-state index >= 15 is 0 Å². The van der Waals surface area contributed by atoms with Crippen LogP contribution in [0.15, 0.2) is 4.99 Å². The molecule has 1 unspecified atom stereocenters. The molecule has 0 radical (unpaired) electrons. The molecule has 2 rings (SSSR count). The fourth-order valence-electron chi connectivity index (χ4n) is 3.55. The van der Waals surface area contributed by atoms with Gasteiger partial charge in [0.1, 0.15) is 6.54 Å². The van der Waals surface area contributed by atoms with E-state index in [4.69, 9.17) is 0 Å². The van der Waals surface area contributed by atoms with Gasteiger partial charge in [0.2, 0.25) is 5.91 Å². The van der Waals surface area contributed by atoms with Crippen molar-refractivity contribution in [2.45, 2.75) is 51.5 Å². The Hall–Kier alpha value is -0.570. The van der Waals surface area contributed by atoms with Crippen LogP contribution >= 0.6 is 24.0 Å². The monoisotopic (exact) mass is 465 g/mol. The molecule has 1 aliphatic heterocycles. The van der Waals surface area contributed by atoms with Crippen LogP contribution in [-0.4, -0.2) is 74.5 Å². The van der Waals surface area contributed by atoms with Gasteiger partial charge in [-0.1, -0.05) is 19.8 Å². The Morgan fingerprint density at radius 1 is 1.24 bits per heavy atom. The first-order chi connectivity index (χ1) is 11.6. The highest BCUT2D eigenvalue weighted by molar-refractivity contribution is 14.0. The summed E-state index contributed by atoms with van der Waals surface area (Å²) in [6, 6.07) is 0.434. The Morgan fingerprint density at radius 3 is 2.60 bits per heavy atom. The van der Waals surface area contributed by atoms with E-state index in [2.05, 4.69) is 27.4 Å². The van der Waals surface area contributed by atoms with Crippen molar-refractivity contribution in [2.75, 3.05) is 46.8 Å². The van der Waals surface area contributed by atoms with Crippen LogP contribution in [0.2, 0.25) is 0 Å². The largest absolute Gasteiger partial charge is 0.356 e. The molecule has 0 bridgehead atoms. The number of nitrogens with zero attached hydrogens (tertiary/aromatic N) is 3. The standard InChI is InChI=1S/C18H35N5O.HI/c1-4-10-19-18(20-12-17(24)22(2)3)21-16-9-11-23(14-16)13-15-7-5-6-8-15;/h15-16H,4-14H2,1-3H3,(H2,19,20,21);1H. The Kier molecular flexibility index (Phi) is 10.7. The molecular weight excluding hydrogens is 429 g/mol. The van der Waals surface area contributed by atoms with Gasteiger partial charge in [0.05, 0.1) is 0 Å². The van der Waals surface area contributed by atoms with Crippen molar-refractivity contribution in [3.05, 3.63) is 0 Å². The summed E-state index contributed by atoms with van der Waals surface area (Å²) in [5.41, 5.74) is 0. The lowest BCUT2D eigenvalue weighted by Gasteiger charge is -2.21. The molecule has 7 heteroatoms. The summed E-state index contributed by atoms with van der Waals surface area (Å²) in [5, 5.41) is 6.85. The second-order valence-electron chi connectivity index (χ2n) is 7.42. The highest BCUT2D eigenvalue weighted by Crippen LogP contribution is 2.26. The van der Waals surface area contributed by atoms with E-state index in [1.807, 2.05) is 0 Å². The number of carbonyl (C=O) groups excluding carboxylic acids is 1. The molecule has 0 aromatic carbocycles. The van der Waals surface area contributed by atoms with E-state index in [9.17, 15) is 4.79 Å². The molecule has 1 heterocycles. The normalized spacial score (nSPS) is 21.9. The van der Waals surface area contributed by atoms with Crippen LogP contribution in [0.25, 0.3) is 0 Å². The Bertz CT molecular complexity index is 424. The zero-order valence-electron chi connectivity index (χ0n) is 16.1. The summed E-state index contributed by atoms with van der Waals surface area (Å²) in [5.74, 6) is 1.72. The lowest BCUT2D eigenvalue weighted by atomic mass is 10.1. The number of nitrogens with one attached hydrogen (secondary N) is 2. The van der Waals surface area contributed by atoms with Crippen LogP contribution in [0.3, 0.4) is 0 Å². The third-order valence-corrected chi connectivity index (χ3v) is 5.02. The lowest BCUT2D eigenvalue weighted by molar-refractivity contribution is -0.127. The van der Waals surface area contributed by atoms with Gasteiger partial charge in [0, 0.05) is 46.3 Å². The van der Waals surface area contributed by atoms with Crippen LogP contribution < -0.4 is 10.6 Å². The van der Waals surface area contributed by atoms with Crippen molar-refractivity contribution in [3.63, 3.8) is 0 Å². The van der Waals surface area contributed by atoms with Gasteiger partial charge in [0.25, 0.3) is 0 Å². The smallest absolute Gasteiger partial charge is 0.243 e. The molecule has 1 saturated heterocycles. The van der Waals surface area contributed by atoms with Crippen LogP contribution in [-0.2, 0) is 4.79 Å². The third kappa shape index (κ3) is 8.11. The average molecular weight is 465 g/mol. The van der Waals surface area contributed by atoms with Crippen molar-refractivity contribution in [1.29, 1.82) is 0 Å². The van der Waals surface area contributed by atoms with Crippen molar-refractivity contribution in [1.82, 2.24) is 20.4 Å². The molecule has 2 aliphatic rings. The fraction of sp³-hybridized carbons (Fsp3) is 0.889. The molecule has 1 atom stereocenters. The van der Waals surface area contributed by atoms with Gasteiger partial charge in [-0.3, -0.25) is 4.79 Å². The summed E-state index contributed by atoms with van der Waals surface area (Å²) < 4.78 is 0. The molecule has 1 amide bonds. The fourth-order valence-corrected chi connectivity index (χ4v) is 3.55. The van der Waals surface area contributed by atoms with E-state index in [1.54, 1.807) is 19.0 Å². The SMILES string of the molecule is CCCNC(=NCC(=O)N(C)C)NC1CCN(CC2CCCC2)C1.I. The Morgan fingerprint density at radius 2 is 1.96 bits per heavy atom. The molecule has 0 spiro atoms. The van der Waals surface area contributed by atoms with E-state index in [0.29, 0.717) is 6.04 Å². The molecule has 1 aliphatic carbocycles. The highest BCUT2D eigenvalue weighted by Gasteiger charge is 2.26. The summed E-state index contributed by atoms with van der Waals surface area (Å²) in [4.78, 5) is 20.4. The summed E-state index contributed by atoms with van der Waals surface area (Å²) in [6.07, 6.45) is 7.84. The second-order valence-corrected chi connectivity index (χ2v) is 7.42. The van der Waals surface area contributed by atoms with E-state index in [0.717, 1.165) is 37.8 Å². The number of aliphatic imine (C=N–C) groups is 1. The number of carbonyl (C=O) groups is 1. The summed E-state index contributed by atoms with van der Waals surface area (Å²) >= 11 is 0. The number of amides is 1. The quantitative estimate of drug-likeness (QED) is 0.343. The minimum atomic E-state index is 0. The van der Waals surface area contributed by atoms with Crippen molar-refractivity contribution < 1.29 is 4.79 Å². The van der Waals surface area contributed by atoms with E-state index in [1.165, 1.54) is 38.8 Å². The predicted octanol–water partition coefficient (Wildman–Crippen LogP) is 1.90. The molecular formula is C18H36IN5O. The molecule has 25 heavy (non-hydrogen) atoms. The number of hydrogen-bond donors (Lipinski definition) is 2. The number of hydrogen-bond acceptors (Lipinski definition) is 3. The molecule has 0 aromatic heterocycles. The van der Waals surface area contributed by atoms with Crippen LogP contribution in [0.4, 0.5) is 0 Å². The first kappa shape index (κ1) is 22.5.